The number of hydrogen-bond donors (Lipinski definition) is 0. The van der Waals surface area contributed by atoms with Crippen LogP contribution in [0.25, 0.3) is 21.9 Å². The molecule has 3 aromatic rings. The maximum atomic E-state index is 11.2. The molecule has 0 amide bonds. The molecule has 3 nitrogen and oxygen atoms in total. The molecule has 0 aliphatic carbocycles. The summed E-state index contributed by atoms with van der Waals surface area (Å²) in [5.41, 5.74) is 2.37. The van der Waals surface area contributed by atoms with Crippen molar-refractivity contribution in [1.29, 1.82) is 0 Å². The van der Waals surface area contributed by atoms with E-state index in [1.807, 2.05) is 12.3 Å². The van der Waals surface area contributed by atoms with Crippen LogP contribution in [-0.2, 0) is 0 Å². The van der Waals surface area contributed by atoms with Gasteiger partial charge in [-0.3, -0.25) is 4.98 Å². The molecule has 0 spiro atoms. The molecule has 2 aromatic heterocycles. The molecule has 0 N–H and O–H groups in total. The predicted molar refractivity (Wildman–Crippen MR) is 75.2 cm³/mol. The van der Waals surface area contributed by atoms with Gasteiger partial charge >= 0.3 is 5.63 Å². The van der Waals surface area contributed by atoms with Gasteiger partial charge in [0, 0.05) is 26.6 Å². The summed E-state index contributed by atoms with van der Waals surface area (Å²) in [6.45, 7) is 2.05. The molecule has 17 heavy (non-hydrogen) atoms. The molecule has 0 radical (unpaired) electrons. The van der Waals surface area contributed by atoms with E-state index in [-0.39, 0.29) is 5.63 Å². The van der Waals surface area contributed by atoms with Crippen molar-refractivity contribution in [3.05, 3.63) is 50.0 Å². The number of benzene rings is 1. The molecule has 0 aliphatic heterocycles. The minimum atomic E-state index is -0.326. The third-order valence-electron chi connectivity index (χ3n) is 2.83. The number of rotatable bonds is 0. The lowest BCUT2D eigenvalue weighted by Crippen LogP contribution is -1.96. The Morgan fingerprint density at radius 3 is 2.88 bits per heavy atom. The summed E-state index contributed by atoms with van der Waals surface area (Å²) in [7, 11) is 0. The predicted octanol–water partition coefficient (Wildman–Crippen LogP) is 3.25. The quantitative estimate of drug-likeness (QED) is 0.359. The summed E-state index contributed by atoms with van der Waals surface area (Å²) >= 11 is 2.26. The molecule has 0 saturated carbocycles. The highest BCUT2D eigenvalue weighted by molar-refractivity contribution is 14.1. The zero-order valence-electron chi connectivity index (χ0n) is 9.03. The van der Waals surface area contributed by atoms with Gasteiger partial charge < -0.3 is 4.42 Å². The minimum absolute atomic E-state index is 0.326. The Balaban J connectivity index is 2.62. The largest absolute Gasteiger partial charge is 0.423 e. The first-order valence-electron chi connectivity index (χ1n) is 5.14. The third-order valence-corrected chi connectivity index (χ3v) is 3.92. The van der Waals surface area contributed by atoms with Crippen LogP contribution in [0.4, 0.5) is 0 Å². The van der Waals surface area contributed by atoms with Crippen molar-refractivity contribution < 1.29 is 4.42 Å². The Morgan fingerprint density at radius 2 is 2.06 bits per heavy atom. The maximum Gasteiger partial charge on any atom is 0.336 e. The summed E-state index contributed by atoms with van der Waals surface area (Å²) in [5, 5.41) is 1.99. The van der Waals surface area contributed by atoms with Crippen molar-refractivity contribution in [3.63, 3.8) is 0 Å². The highest BCUT2D eigenvalue weighted by atomic mass is 127. The van der Waals surface area contributed by atoms with Gasteiger partial charge in [0.15, 0.2) is 0 Å². The molecule has 4 heteroatoms. The summed E-state index contributed by atoms with van der Waals surface area (Å²) < 4.78 is 6.28. The number of hydrogen-bond acceptors (Lipinski definition) is 3. The fourth-order valence-electron chi connectivity index (χ4n) is 1.98. The van der Waals surface area contributed by atoms with Crippen LogP contribution in [0.3, 0.4) is 0 Å². The fraction of sp³-hybridized carbons (Fsp3) is 0.0769. The SMILES string of the molecule is Cc1c(I)cnc2ccc3oc(=O)ccc3c12. The Kier molecular flexibility index (Phi) is 2.39. The van der Waals surface area contributed by atoms with Crippen molar-refractivity contribution >= 4 is 44.5 Å². The first kappa shape index (κ1) is 10.7. The van der Waals surface area contributed by atoms with E-state index in [1.54, 1.807) is 12.1 Å². The fourth-order valence-corrected chi connectivity index (χ4v) is 2.39. The van der Waals surface area contributed by atoms with Crippen LogP contribution in [0, 0.1) is 10.5 Å². The lowest BCUT2D eigenvalue weighted by Gasteiger charge is -2.06. The second kappa shape index (κ2) is 3.80. The normalized spacial score (nSPS) is 11.2. The molecule has 0 unspecified atom stereocenters. The number of aryl methyl sites for hydroxylation is 1. The number of pyridine rings is 1. The van der Waals surface area contributed by atoms with Gasteiger partial charge in [0.1, 0.15) is 5.58 Å². The summed E-state index contributed by atoms with van der Waals surface area (Å²) in [6.07, 6.45) is 1.85. The number of aromatic nitrogens is 1. The van der Waals surface area contributed by atoms with E-state index in [2.05, 4.69) is 34.5 Å². The molecular formula is C13H8INO2. The maximum absolute atomic E-state index is 11.2. The van der Waals surface area contributed by atoms with Gasteiger partial charge in [-0.2, -0.15) is 0 Å². The van der Waals surface area contributed by atoms with Gasteiger partial charge in [-0.05, 0) is 53.3 Å². The third kappa shape index (κ3) is 1.63. The number of fused-ring (bicyclic) bond motifs is 3. The summed E-state index contributed by atoms with van der Waals surface area (Å²) in [4.78, 5) is 15.6. The summed E-state index contributed by atoms with van der Waals surface area (Å²) in [6, 6.07) is 6.91. The molecule has 1 aromatic carbocycles. The Bertz CT molecular complexity index is 792. The lowest BCUT2D eigenvalue weighted by molar-refractivity contribution is 0.561. The summed E-state index contributed by atoms with van der Waals surface area (Å²) in [5.74, 6) is 0. The Labute approximate surface area is 111 Å². The van der Waals surface area contributed by atoms with Crippen LogP contribution < -0.4 is 5.63 Å². The van der Waals surface area contributed by atoms with Crippen LogP contribution in [-0.4, -0.2) is 4.98 Å². The van der Waals surface area contributed by atoms with E-state index in [0.29, 0.717) is 5.58 Å². The van der Waals surface area contributed by atoms with Gasteiger partial charge in [0.2, 0.25) is 0 Å². The molecule has 3 rings (SSSR count). The first-order chi connectivity index (χ1) is 8.16. The van der Waals surface area contributed by atoms with Gasteiger partial charge in [-0.15, -0.1) is 0 Å². The van der Waals surface area contributed by atoms with Gasteiger partial charge in [-0.25, -0.2) is 4.79 Å². The molecule has 84 valence electrons. The topological polar surface area (TPSA) is 43.1 Å². The van der Waals surface area contributed by atoms with Crippen molar-refractivity contribution in [1.82, 2.24) is 4.98 Å². The lowest BCUT2D eigenvalue weighted by atomic mass is 10.1. The molecule has 0 fully saturated rings. The zero-order valence-corrected chi connectivity index (χ0v) is 11.2. The Morgan fingerprint density at radius 1 is 1.24 bits per heavy atom. The van der Waals surface area contributed by atoms with E-state index < -0.39 is 0 Å². The molecule has 0 bridgehead atoms. The van der Waals surface area contributed by atoms with Crippen LogP contribution in [0.1, 0.15) is 5.56 Å². The average Bonchev–Trinajstić information content (AvgIpc) is 2.33. The number of halogens is 1. The highest BCUT2D eigenvalue weighted by Gasteiger charge is 2.08. The standard InChI is InChI=1S/C13H8INO2/c1-7-9(14)6-15-10-3-4-11-8(13(7)10)2-5-12(16)17-11/h2-6H,1H3. The average molecular weight is 337 g/mol. The van der Waals surface area contributed by atoms with E-state index in [4.69, 9.17) is 4.42 Å². The zero-order chi connectivity index (χ0) is 12.0. The van der Waals surface area contributed by atoms with Crippen molar-refractivity contribution in [2.45, 2.75) is 6.92 Å². The van der Waals surface area contributed by atoms with Crippen LogP contribution in [0.5, 0.6) is 0 Å². The monoisotopic (exact) mass is 337 g/mol. The van der Waals surface area contributed by atoms with Gasteiger partial charge in [0.25, 0.3) is 0 Å². The number of nitrogens with zero attached hydrogens (tertiary/aromatic N) is 1. The van der Waals surface area contributed by atoms with Crippen LogP contribution in [0.15, 0.2) is 39.7 Å². The Hall–Kier alpha value is -1.43. The second-order valence-electron chi connectivity index (χ2n) is 3.86. The molecular weight excluding hydrogens is 329 g/mol. The molecule has 0 atom stereocenters. The highest BCUT2D eigenvalue weighted by Crippen LogP contribution is 2.28. The van der Waals surface area contributed by atoms with E-state index >= 15 is 0 Å². The molecule has 0 saturated heterocycles. The first-order valence-corrected chi connectivity index (χ1v) is 6.22. The van der Waals surface area contributed by atoms with E-state index in [0.717, 1.165) is 25.4 Å². The van der Waals surface area contributed by atoms with E-state index in [1.165, 1.54) is 6.07 Å². The van der Waals surface area contributed by atoms with Crippen molar-refractivity contribution in [3.8, 4) is 0 Å². The smallest absolute Gasteiger partial charge is 0.336 e. The van der Waals surface area contributed by atoms with Crippen LogP contribution >= 0.6 is 22.6 Å². The second-order valence-corrected chi connectivity index (χ2v) is 5.02. The molecule has 2 heterocycles. The van der Waals surface area contributed by atoms with Gasteiger partial charge in [-0.1, -0.05) is 0 Å². The van der Waals surface area contributed by atoms with E-state index in [9.17, 15) is 4.79 Å². The van der Waals surface area contributed by atoms with Gasteiger partial charge in [0.05, 0.1) is 5.52 Å². The van der Waals surface area contributed by atoms with Crippen LogP contribution in [0.2, 0.25) is 0 Å². The molecule has 0 aliphatic rings. The van der Waals surface area contributed by atoms with Crippen molar-refractivity contribution in [2.24, 2.45) is 0 Å². The van der Waals surface area contributed by atoms with Crippen molar-refractivity contribution in [2.75, 3.05) is 0 Å². The minimum Gasteiger partial charge on any atom is -0.423 e.